The topological polar surface area (TPSA) is 57.8 Å². The summed E-state index contributed by atoms with van der Waals surface area (Å²) in [5.41, 5.74) is 2.92. The van der Waals surface area contributed by atoms with Crippen LogP contribution in [0.15, 0.2) is 59.0 Å². The van der Waals surface area contributed by atoms with E-state index in [1.807, 2.05) is 18.2 Å². The molecule has 1 atom stereocenters. The van der Waals surface area contributed by atoms with E-state index >= 15 is 0 Å². The molecule has 3 heterocycles. The Morgan fingerprint density at radius 2 is 1.92 bits per heavy atom. The minimum Gasteiger partial charge on any atom is -0.384 e. The molecular formula is C19H13ClFN3OS. The third kappa shape index (κ3) is 3.19. The highest BCUT2D eigenvalue weighted by atomic mass is 35.5. The molecule has 130 valence electrons. The SMILES string of the molecule is OC(c1ccc(F)cc1Cl)c1cc(-c2ccncc2)sc1C1=NN=CC1. The maximum atomic E-state index is 13.4. The minimum atomic E-state index is -0.992. The van der Waals surface area contributed by atoms with Gasteiger partial charge in [0, 0.05) is 46.1 Å². The van der Waals surface area contributed by atoms with Gasteiger partial charge in [0.05, 0.1) is 10.6 Å². The first-order chi connectivity index (χ1) is 12.6. The summed E-state index contributed by atoms with van der Waals surface area (Å²) in [6, 6.07) is 9.72. The summed E-state index contributed by atoms with van der Waals surface area (Å²) in [5.74, 6) is -0.442. The number of aliphatic hydroxyl groups excluding tert-OH is 1. The number of rotatable bonds is 4. The van der Waals surface area contributed by atoms with Crippen LogP contribution in [0.3, 0.4) is 0 Å². The molecule has 1 aromatic carbocycles. The summed E-state index contributed by atoms with van der Waals surface area (Å²) in [4.78, 5) is 5.86. The van der Waals surface area contributed by atoms with E-state index in [9.17, 15) is 9.50 Å². The second kappa shape index (κ2) is 7.07. The molecule has 4 nitrogen and oxygen atoms in total. The lowest BCUT2D eigenvalue weighted by Crippen LogP contribution is -2.06. The first-order valence-electron chi connectivity index (χ1n) is 7.89. The van der Waals surface area contributed by atoms with Gasteiger partial charge in [0.1, 0.15) is 11.9 Å². The van der Waals surface area contributed by atoms with Crippen molar-refractivity contribution in [3.05, 3.63) is 75.6 Å². The molecule has 0 amide bonds. The predicted molar refractivity (Wildman–Crippen MR) is 103 cm³/mol. The Morgan fingerprint density at radius 1 is 1.12 bits per heavy atom. The van der Waals surface area contributed by atoms with E-state index in [4.69, 9.17) is 11.6 Å². The Morgan fingerprint density at radius 3 is 2.62 bits per heavy atom. The highest BCUT2D eigenvalue weighted by Gasteiger charge is 2.24. The van der Waals surface area contributed by atoms with Crippen LogP contribution in [0.25, 0.3) is 10.4 Å². The number of benzene rings is 1. The second-order valence-electron chi connectivity index (χ2n) is 5.75. The molecule has 1 unspecified atom stereocenters. The number of hydrogen-bond acceptors (Lipinski definition) is 5. The fraction of sp³-hybridized carbons (Fsp3) is 0.105. The Labute approximate surface area is 158 Å². The number of aromatic nitrogens is 1. The lowest BCUT2D eigenvalue weighted by Gasteiger charge is -2.13. The number of hydrogen-bond donors (Lipinski definition) is 1. The molecule has 0 fully saturated rings. The normalized spacial score (nSPS) is 14.5. The fourth-order valence-electron chi connectivity index (χ4n) is 2.80. The molecule has 7 heteroatoms. The van der Waals surface area contributed by atoms with E-state index in [2.05, 4.69) is 15.2 Å². The van der Waals surface area contributed by atoms with Gasteiger partial charge in [-0.25, -0.2) is 4.39 Å². The highest BCUT2D eigenvalue weighted by Crippen LogP contribution is 2.39. The van der Waals surface area contributed by atoms with Gasteiger partial charge in [-0.15, -0.1) is 11.3 Å². The van der Waals surface area contributed by atoms with E-state index in [1.54, 1.807) is 18.6 Å². The molecule has 1 N–H and O–H groups in total. The van der Waals surface area contributed by atoms with Crippen LogP contribution >= 0.6 is 22.9 Å². The maximum Gasteiger partial charge on any atom is 0.124 e. The van der Waals surface area contributed by atoms with Crippen molar-refractivity contribution in [2.45, 2.75) is 12.5 Å². The van der Waals surface area contributed by atoms with Gasteiger partial charge < -0.3 is 5.11 Å². The lowest BCUT2D eigenvalue weighted by atomic mass is 9.99. The molecule has 0 bridgehead atoms. The van der Waals surface area contributed by atoms with Crippen LogP contribution in [0.4, 0.5) is 4.39 Å². The quantitative estimate of drug-likeness (QED) is 0.697. The molecule has 2 aromatic heterocycles. The first kappa shape index (κ1) is 17.0. The van der Waals surface area contributed by atoms with Crippen LogP contribution in [-0.4, -0.2) is 22.0 Å². The van der Waals surface area contributed by atoms with Crippen molar-refractivity contribution in [3.8, 4) is 10.4 Å². The van der Waals surface area contributed by atoms with E-state index in [0.29, 0.717) is 17.5 Å². The zero-order chi connectivity index (χ0) is 18.1. The van der Waals surface area contributed by atoms with Gasteiger partial charge in [-0.3, -0.25) is 4.98 Å². The highest BCUT2D eigenvalue weighted by molar-refractivity contribution is 7.17. The summed E-state index contributed by atoms with van der Waals surface area (Å²) in [6.07, 6.45) is 4.78. The first-order valence-corrected chi connectivity index (χ1v) is 9.09. The van der Waals surface area contributed by atoms with Gasteiger partial charge in [0.2, 0.25) is 0 Å². The van der Waals surface area contributed by atoms with Gasteiger partial charge in [-0.2, -0.15) is 10.2 Å². The number of aliphatic hydroxyl groups is 1. The second-order valence-corrected chi connectivity index (χ2v) is 7.21. The molecule has 3 aromatic rings. The van der Waals surface area contributed by atoms with E-state index in [1.165, 1.54) is 29.5 Å². The average molecular weight is 386 g/mol. The molecule has 26 heavy (non-hydrogen) atoms. The van der Waals surface area contributed by atoms with Crippen molar-refractivity contribution in [2.24, 2.45) is 10.2 Å². The molecule has 0 radical (unpaired) electrons. The Balaban J connectivity index is 1.82. The van der Waals surface area contributed by atoms with E-state index in [-0.39, 0.29) is 5.02 Å². The molecule has 0 saturated heterocycles. The molecule has 0 spiro atoms. The van der Waals surface area contributed by atoms with Crippen molar-refractivity contribution >= 4 is 34.9 Å². The van der Waals surface area contributed by atoms with Crippen LogP contribution in [-0.2, 0) is 0 Å². The Hall–Kier alpha value is -2.41. The average Bonchev–Trinajstić information content (AvgIpc) is 3.31. The van der Waals surface area contributed by atoms with Crippen LogP contribution < -0.4 is 0 Å². The van der Waals surface area contributed by atoms with Gasteiger partial charge in [-0.1, -0.05) is 17.7 Å². The summed E-state index contributed by atoms with van der Waals surface area (Å²) in [6.45, 7) is 0. The fourth-order valence-corrected chi connectivity index (χ4v) is 4.26. The Kier molecular flexibility index (Phi) is 4.63. The van der Waals surface area contributed by atoms with Crippen LogP contribution in [0, 0.1) is 5.82 Å². The number of thiophene rings is 1. The van der Waals surface area contributed by atoms with Crippen molar-refractivity contribution < 1.29 is 9.50 Å². The maximum absolute atomic E-state index is 13.4. The largest absolute Gasteiger partial charge is 0.384 e. The zero-order valence-electron chi connectivity index (χ0n) is 13.4. The van der Waals surface area contributed by atoms with Gasteiger partial charge >= 0.3 is 0 Å². The third-order valence-electron chi connectivity index (χ3n) is 4.08. The smallest absolute Gasteiger partial charge is 0.124 e. The van der Waals surface area contributed by atoms with Crippen molar-refractivity contribution in [1.29, 1.82) is 0 Å². The van der Waals surface area contributed by atoms with E-state index < -0.39 is 11.9 Å². The third-order valence-corrected chi connectivity index (χ3v) is 5.66. The number of pyridine rings is 1. The molecule has 4 rings (SSSR count). The Bertz CT molecular complexity index is 1020. The van der Waals surface area contributed by atoms with E-state index in [0.717, 1.165) is 21.0 Å². The summed E-state index contributed by atoms with van der Waals surface area (Å²) >= 11 is 7.68. The lowest BCUT2D eigenvalue weighted by molar-refractivity contribution is 0.220. The standard InChI is InChI=1S/C19H13ClFN3OS/c20-15-9-12(21)1-2-13(15)18(25)14-10-17(11-3-6-22-7-4-11)26-19(14)16-5-8-23-24-16/h1-4,6-10,18,25H,5H2. The van der Waals surface area contributed by atoms with Gasteiger partial charge in [0.15, 0.2) is 0 Å². The van der Waals surface area contributed by atoms with Crippen LogP contribution in [0.1, 0.15) is 28.5 Å². The summed E-state index contributed by atoms with van der Waals surface area (Å²) < 4.78 is 13.4. The van der Waals surface area contributed by atoms with Crippen LogP contribution in [0.5, 0.6) is 0 Å². The molecule has 1 aliphatic rings. The van der Waals surface area contributed by atoms with Crippen LogP contribution in [0.2, 0.25) is 5.02 Å². The predicted octanol–water partition coefficient (Wildman–Crippen LogP) is 4.86. The van der Waals surface area contributed by atoms with Crippen molar-refractivity contribution in [1.82, 2.24) is 4.98 Å². The molecule has 0 saturated carbocycles. The number of nitrogens with zero attached hydrogens (tertiary/aromatic N) is 3. The van der Waals surface area contributed by atoms with Gasteiger partial charge in [0.25, 0.3) is 0 Å². The molecule has 1 aliphatic heterocycles. The van der Waals surface area contributed by atoms with Gasteiger partial charge in [-0.05, 0) is 35.9 Å². The molecule has 0 aliphatic carbocycles. The monoisotopic (exact) mass is 385 g/mol. The minimum absolute atomic E-state index is 0.185. The van der Waals surface area contributed by atoms with Crippen molar-refractivity contribution in [2.75, 3.05) is 0 Å². The summed E-state index contributed by atoms with van der Waals surface area (Å²) in [5, 5.41) is 19.2. The zero-order valence-corrected chi connectivity index (χ0v) is 15.0. The number of halogens is 2. The summed E-state index contributed by atoms with van der Waals surface area (Å²) in [7, 11) is 0. The van der Waals surface area contributed by atoms with Crippen molar-refractivity contribution in [3.63, 3.8) is 0 Å². The molecular weight excluding hydrogens is 373 g/mol.